The molecule has 6 heteroatoms. The Morgan fingerprint density at radius 1 is 1.10 bits per heavy atom. The molecule has 2 rings (SSSR count). The Hall–Kier alpha value is -2.34. The van der Waals surface area contributed by atoms with E-state index in [4.69, 9.17) is 15.3 Å². The number of hydrazine groups is 1. The van der Waals surface area contributed by atoms with Crippen molar-refractivity contribution in [3.8, 4) is 17.4 Å². The van der Waals surface area contributed by atoms with Crippen molar-refractivity contribution in [2.24, 2.45) is 5.84 Å². The molecule has 0 aliphatic rings. The van der Waals surface area contributed by atoms with Gasteiger partial charge in [-0.3, -0.25) is 0 Å². The Morgan fingerprint density at radius 2 is 1.81 bits per heavy atom. The van der Waals surface area contributed by atoms with Crippen LogP contribution < -0.4 is 20.7 Å². The van der Waals surface area contributed by atoms with E-state index in [2.05, 4.69) is 22.3 Å². The first kappa shape index (κ1) is 15.1. The van der Waals surface area contributed by atoms with Crippen LogP contribution in [0.15, 0.2) is 30.6 Å². The van der Waals surface area contributed by atoms with Crippen LogP contribution in [0.2, 0.25) is 0 Å². The third-order valence-corrected chi connectivity index (χ3v) is 2.89. The highest BCUT2D eigenvalue weighted by atomic mass is 16.5. The molecular weight excluding hydrogens is 268 g/mol. The average Bonchev–Trinajstić information content (AvgIpc) is 2.51. The predicted octanol–water partition coefficient (Wildman–Crippen LogP) is 2.91. The summed E-state index contributed by atoms with van der Waals surface area (Å²) in [5, 5.41) is 0. The normalized spacial score (nSPS) is 10.2. The van der Waals surface area contributed by atoms with Crippen molar-refractivity contribution in [1.29, 1.82) is 0 Å². The van der Waals surface area contributed by atoms with Crippen LogP contribution in [0.5, 0.6) is 17.4 Å². The number of benzene rings is 1. The van der Waals surface area contributed by atoms with Crippen molar-refractivity contribution < 1.29 is 9.47 Å². The van der Waals surface area contributed by atoms with Crippen LogP contribution in [-0.2, 0) is 6.42 Å². The summed E-state index contributed by atoms with van der Waals surface area (Å²) in [7, 11) is 0. The van der Waals surface area contributed by atoms with E-state index >= 15 is 0 Å². The number of aromatic nitrogens is 2. The maximum Gasteiger partial charge on any atom is 0.227 e. The van der Waals surface area contributed by atoms with Crippen molar-refractivity contribution >= 4 is 5.82 Å². The molecular formula is C15H20N4O2. The van der Waals surface area contributed by atoms with Gasteiger partial charge in [0, 0.05) is 0 Å². The van der Waals surface area contributed by atoms with E-state index in [1.54, 1.807) is 0 Å². The van der Waals surface area contributed by atoms with Gasteiger partial charge in [-0.15, -0.1) is 0 Å². The minimum Gasteiger partial charge on any atom is -0.494 e. The standard InChI is InChI=1S/C15H20N4O2/c1-3-5-13-14(19-16)17-10-18-15(13)21-12-8-6-11(7-9-12)20-4-2/h6-10H,3-5,16H2,1-2H3,(H,17,18,19). The van der Waals surface area contributed by atoms with Crippen LogP contribution in [-0.4, -0.2) is 16.6 Å². The fourth-order valence-electron chi connectivity index (χ4n) is 1.97. The predicted molar refractivity (Wildman–Crippen MR) is 81.5 cm³/mol. The molecule has 2 aromatic rings. The van der Waals surface area contributed by atoms with Gasteiger partial charge in [-0.1, -0.05) is 13.3 Å². The summed E-state index contributed by atoms with van der Waals surface area (Å²) in [5.74, 6) is 8.09. The van der Waals surface area contributed by atoms with E-state index < -0.39 is 0 Å². The molecule has 0 bridgehead atoms. The molecule has 0 atom stereocenters. The summed E-state index contributed by atoms with van der Waals surface area (Å²) in [6, 6.07) is 7.42. The van der Waals surface area contributed by atoms with Gasteiger partial charge in [0.05, 0.1) is 12.2 Å². The van der Waals surface area contributed by atoms with Crippen LogP contribution in [0, 0.1) is 0 Å². The first-order chi connectivity index (χ1) is 10.3. The number of rotatable bonds is 7. The Labute approximate surface area is 124 Å². The van der Waals surface area contributed by atoms with E-state index in [9.17, 15) is 0 Å². The summed E-state index contributed by atoms with van der Waals surface area (Å²) in [4.78, 5) is 8.31. The van der Waals surface area contributed by atoms with Gasteiger partial charge in [0.25, 0.3) is 0 Å². The summed E-state index contributed by atoms with van der Waals surface area (Å²) in [5.41, 5.74) is 3.45. The lowest BCUT2D eigenvalue weighted by Crippen LogP contribution is -2.12. The number of nitrogens with one attached hydrogen (secondary N) is 1. The van der Waals surface area contributed by atoms with Gasteiger partial charge >= 0.3 is 0 Å². The summed E-state index contributed by atoms with van der Waals surface area (Å²) in [6.45, 7) is 4.66. The van der Waals surface area contributed by atoms with Crippen LogP contribution in [0.25, 0.3) is 0 Å². The van der Waals surface area contributed by atoms with Crippen molar-refractivity contribution in [1.82, 2.24) is 9.97 Å². The van der Waals surface area contributed by atoms with E-state index in [0.717, 1.165) is 24.2 Å². The fourth-order valence-corrected chi connectivity index (χ4v) is 1.97. The molecule has 6 nitrogen and oxygen atoms in total. The van der Waals surface area contributed by atoms with Crippen LogP contribution >= 0.6 is 0 Å². The highest BCUT2D eigenvalue weighted by Gasteiger charge is 2.12. The second-order valence-electron chi connectivity index (χ2n) is 4.41. The maximum absolute atomic E-state index is 5.84. The Bertz CT molecular complexity index is 572. The largest absolute Gasteiger partial charge is 0.494 e. The zero-order valence-corrected chi connectivity index (χ0v) is 12.3. The molecule has 1 aromatic heterocycles. The van der Waals surface area contributed by atoms with E-state index in [1.165, 1.54) is 6.33 Å². The molecule has 0 radical (unpaired) electrons. The summed E-state index contributed by atoms with van der Waals surface area (Å²) < 4.78 is 11.2. The van der Waals surface area contributed by atoms with Gasteiger partial charge in [0.1, 0.15) is 23.6 Å². The molecule has 0 fully saturated rings. The number of nitrogens with two attached hydrogens (primary N) is 1. The maximum atomic E-state index is 5.84. The monoisotopic (exact) mass is 288 g/mol. The number of ether oxygens (including phenoxy) is 2. The lowest BCUT2D eigenvalue weighted by molar-refractivity contribution is 0.339. The van der Waals surface area contributed by atoms with Gasteiger partial charge < -0.3 is 14.9 Å². The molecule has 1 aromatic carbocycles. The quantitative estimate of drug-likeness (QED) is 0.602. The molecule has 0 spiro atoms. The first-order valence-electron chi connectivity index (χ1n) is 6.99. The topological polar surface area (TPSA) is 82.3 Å². The third kappa shape index (κ3) is 3.82. The second-order valence-corrected chi connectivity index (χ2v) is 4.41. The number of nitrogens with zero attached hydrogens (tertiary/aromatic N) is 2. The number of nitrogen functional groups attached to an aromatic ring is 1. The number of anilines is 1. The summed E-state index contributed by atoms with van der Waals surface area (Å²) in [6.07, 6.45) is 3.16. The van der Waals surface area contributed by atoms with Crippen LogP contribution in [0.1, 0.15) is 25.8 Å². The van der Waals surface area contributed by atoms with Crippen molar-refractivity contribution in [3.05, 3.63) is 36.2 Å². The van der Waals surface area contributed by atoms with Crippen molar-refractivity contribution in [3.63, 3.8) is 0 Å². The zero-order chi connectivity index (χ0) is 15.1. The Kier molecular flexibility index (Phi) is 5.34. The molecule has 0 unspecified atom stereocenters. The average molecular weight is 288 g/mol. The molecule has 21 heavy (non-hydrogen) atoms. The van der Waals surface area contributed by atoms with Gasteiger partial charge in [-0.05, 0) is 37.6 Å². The molecule has 0 aliphatic carbocycles. The third-order valence-electron chi connectivity index (χ3n) is 2.89. The molecule has 112 valence electrons. The Balaban J connectivity index is 2.22. The molecule has 0 saturated carbocycles. The van der Waals surface area contributed by atoms with Crippen LogP contribution in [0.3, 0.4) is 0 Å². The van der Waals surface area contributed by atoms with E-state index in [1.807, 2.05) is 31.2 Å². The Morgan fingerprint density at radius 3 is 2.43 bits per heavy atom. The summed E-state index contributed by atoms with van der Waals surface area (Å²) >= 11 is 0. The second kappa shape index (κ2) is 7.44. The highest BCUT2D eigenvalue weighted by molar-refractivity contribution is 5.49. The van der Waals surface area contributed by atoms with E-state index in [-0.39, 0.29) is 0 Å². The molecule has 0 saturated heterocycles. The fraction of sp³-hybridized carbons (Fsp3) is 0.333. The minimum absolute atomic E-state index is 0.518. The van der Waals surface area contributed by atoms with Crippen molar-refractivity contribution in [2.45, 2.75) is 26.7 Å². The smallest absolute Gasteiger partial charge is 0.227 e. The SMILES string of the molecule is CCCc1c(NN)ncnc1Oc1ccc(OCC)cc1. The first-order valence-corrected chi connectivity index (χ1v) is 6.99. The minimum atomic E-state index is 0.518. The molecule has 0 amide bonds. The van der Waals surface area contributed by atoms with Gasteiger partial charge in [-0.25, -0.2) is 15.8 Å². The molecule has 3 N–H and O–H groups in total. The molecule has 1 heterocycles. The molecule has 0 aliphatic heterocycles. The van der Waals surface area contributed by atoms with Gasteiger partial charge in [-0.2, -0.15) is 0 Å². The zero-order valence-electron chi connectivity index (χ0n) is 12.3. The van der Waals surface area contributed by atoms with Crippen LogP contribution in [0.4, 0.5) is 5.82 Å². The lowest BCUT2D eigenvalue weighted by Gasteiger charge is -2.12. The van der Waals surface area contributed by atoms with Gasteiger partial charge in [0.2, 0.25) is 5.88 Å². The van der Waals surface area contributed by atoms with Crippen molar-refractivity contribution in [2.75, 3.05) is 12.0 Å². The lowest BCUT2D eigenvalue weighted by atomic mass is 10.2. The van der Waals surface area contributed by atoms with Gasteiger partial charge in [0.15, 0.2) is 0 Å². The number of hydrogen-bond acceptors (Lipinski definition) is 6. The number of hydrogen-bond donors (Lipinski definition) is 2. The van der Waals surface area contributed by atoms with E-state index in [0.29, 0.717) is 24.1 Å². The highest BCUT2D eigenvalue weighted by Crippen LogP contribution is 2.28.